The Morgan fingerprint density at radius 3 is 2.85 bits per heavy atom. The van der Waals surface area contributed by atoms with Gasteiger partial charge in [-0.2, -0.15) is 0 Å². The Kier molecular flexibility index (Phi) is 4.46. The summed E-state index contributed by atoms with van der Waals surface area (Å²) in [4.78, 5) is 22.3. The minimum Gasteiger partial charge on any atom is -0.465 e. The van der Waals surface area contributed by atoms with Gasteiger partial charge >= 0.3 is 6.09 Å². The van der Waals surface area contributed by atoms with E-state index in [1.807, 2.05) is 18.2 Å². The molecule has 0 aliphatic carbocycles. The maximum Gasteiger partial charge on any atom is 0.407 e. The van der Waals surface area contributed by atoms with Crippen molar-refractivity contribution in [1.29, 1.82) is 0 Å². The maximum atomic E-state index is 11.4. The van der Waals surface area contributed by atoms with Crippen molar-refractivity contribution in [2.24, 2.45) is 0 Å². The van der Waals surface area contributed by atoms with E-state index in [1.165, 1.54) is 4.90 Å². The van der Waals surface area contributed by atoms with Crippen LogP contribution in [0.5, 0.6) is 0 Å². The van der Waals surface area contributed by atoms with Crippen LogP contribution in [0.4, 0.5) is 10.6 Å². The van der Waals surface area contributed by atoms with Gasteiger partial charge in [0.1, 0.15) is 11.3 Å². The molecular weight excluding hydrogens is 410 g/mol. The van der Waals surface area contributed by atoms with E-state index in [1.54, 1.807) is 0 Å². The predicted molar refractivity (Wildman–Crippen MR) is 109 cm³/mol. The second kappa shape index (κ2) is 6.67. The van der Waals surface area contributed by atoms with Crippen LogP contribution < -0.4 is 5.73 Å². The monoisotopic (exact) mass is 431 g/mol. The fourth-order valence-corrected chi connectivity index (χ4v) is 4.39. The summed E-state index contributed by atoms with van der Waals surface area (Å²) in [5, 5.41) is 10.4. The fraction of sp³-hybridized carbons (Fsp3) is 0.421. The minimum absolute atomic E-state index is 0.0505. The van der Waals surface area contributed by atoms with Gasteiger partial charge in [0.25, 0.3) is 0 Å². The number of imidazole rings is 1. The standard InChI is InChI=1S/C19H22BrN5O2/c1-10(2)25-16-13-6-5-12(20)8-14(13)22-17(21)15(16)23-18(25)11-4-3-7-24(9-11)19(26)27/h5-6,8,10-11H,3-4,7,9H2,1-2H3,(H2,21,22)(H,26,27). The average molecular weight is 432 g/mol. The number of anilines is 1. The van der Waals surface area contributed by atoms with E-state index in [4.69, 9.17) is 10.7 Å². The molecule has 1 aliphatic rings. The highest BCUT2D eigenvalue weighted by Crippen LogP contribution is 2.36. The number of nitrogens with two attached hydrogens (primary N) is 1. The molecule has 1 aromatic carbocycles. The van der Waals surface area contributed by atoms with Crippen molar-refractivity contribution in [2.45, 2.75) is 38.6 Å². The van der Waals surface area contributed by atoms with Crippen molar-refractivity contribution in [3.8, 4) is 0 Å². The molecule has 3 heterocycles. The molecule has 3 N–H and O–H groups in total. The predicted octanol–water partition coefficient (Wildman–Crippen LogP) is 4.37. The third-order valence-corrected chi connectivity index (χ3v) is 5.70. The molecule has 4 rings (SSSR count). The maximum absolute atomic E-state index is 11.4. The topological polar surface area (TPSA) is 97.3 Å². The summed E-state index contributed by atoms with van der Waals surface area (Å²) in [6.07, 6.45) is 0.874. The Morgan fingerprint density at radius 1 is 1.37 bits per heavy atom. The molecule has 1 saturated heterocycles. The summed E-state index contributed by atoms with van der Waals surface area (Å²) < 4.78 is 3.15. The number of hydrogen-bond donors (Lipinski definition) is 2. The Labute approximate surface area is 165 Å². The fourth-order valence-electron chi connectivity index (χ4n) is 4.04. The van der Waals surface area contributed by atoms with Crippen molar-refractivity contribution >= 4 is 49.8 Å². The van der Waals surface area contributed by atoms with E-state index in [9.17, 15) is 9.90 Å². The lowest BCUT2D eigenvalue weighted by atomic mass is 9.97. The first-order chi connectivity index (χ1) is 12.9. The van der Waals surface area contributed by atoms with E-state index in [0.717, 1.165) is 39.6 Å². The molecule has 3 aromatic rings. The largest absolute Gasteiger partial charge is 0.465 e. The molecule has 1 unspecified atom stereocenters. The molecule has 1 fully saturated rings. The molecule has 2 aromatic heterocycles. The SMILES string of the molecule is CC(C)n1c(C2CCCN(C(=O)O)C2)nc2c(N)nc3cc(Br)ccc3c21. The zero-order valence-electron chi connectivity index (χ0n) is 15.3. The van der Waals surface area contributed by atoms with Gasteiger partial charge in [0.2, 0.25) is 0 Å². The van der Waals surface area contributed by atoms with Crippen LogP contribution in [-0.4, -0.2) is 43.7 Å². The van der Waals surface area contributed by atoms with Gasteiger partial charge in [0, 0.05) is 34.9 Å². The number of aromatic nitrogens is 3. The van der Waals surface area contributed by atoms with Gasteiger partial charge in [-0.3, -0.25) is 0 Å². The van der Waals surface area contributed by atoms with Crippen LogP contribution in [0.1, 0.15) is 44.5 Å². The number of rotatable bonds is 2. The number of pyridine rings is 1. The molecule has 142 valence electrons. The molecule has 1 atom stereocenters. The van der Waals surface area contributed by atoms with Gasteiger partial charge in [-0.15, -0.1) is 0 Å². The third kappa shape index (κ3) is 3.01. The number of nitrogens with zero attached hydrogens (tertiary/aromatic N) is 4. The number of likely N-dealkylation sites (tertiary alicyclic amines) is 1. The molecule has 27 heavy (non-hydrogen) atoms. The van der Waals surface area contributed by atoms with E-state index in [2.05, 4.69) is 39.3 Å². The molecule has 0 saturated carbocycles. The smallest absolute Gasteiger partial charge is 0.407 e. The number of carbonyl (C=O) groups is 1. The van der Waals surface area contributed by atoms with E-state index in [0.29, 0.717) is 24.4 Å². The van der Waals surface area contributed by atoms with Crippen LogP contribution in [-0.2, 0) is 0 Å². The lowest BCUT2D eigenvalue weighted by molar-refractivity contribution is 0.129. The van der Waals surface area contributed by atoms with Crippen molar-refractivity contribution in [3.05, 3.63) is 28.5 Å². The first-order valence-electron chi connectivity index (χ1n) is 9.11. The zero-order chi connectivity index (χ0) is 19.3. The van der Waals surface area contributed by atoms with Crippen LogP contribution in [0, 0.1) is 0 Å². The quantitative estimate of drug-likeness (QED) is 0.627. The summed E-state index contributed by atoms with van der Waals surface area (Å²) in [5.41, 5.74) is 8.74. The molecule has 0 radical (unpaired) electrons. The zero-order valence-corrected chi connectivity index (χ0v) is 16.9. The van der Waals surface area contributed by atoms with Crippen molar-refractivity contribution < 1.29 is 9.90 Å². The van der Waals surface area contributed by atoms with Crippen LogP contribution in [0.25, 0.3) is 21.9 Å². The van der Waals surface area contributed by atoms with Crippen molar-refractivity contribution in [3.63, 3.8) is 0 Å². The number of fused-ring (bicyclic) bond motifs is 3. The van der Waals surface area contributed by atoms with Crippen molar-refractivity contribution in [2.75, 3.05) is 18.8 Å². The van der Waals surface area contributed by atoms with Crippen molar-refractivity contribution in [1.82, 2.24) is 19.4 Å². The van der Waals surface area contributed by atoms with Gasteiger partial charge in [-0.25, -0.2) is 14.8 Å². The number of amides is 1. The van der Waals surface area contributed by atoms with E-state index < -0.39 is 6.09 Å². The Bertz CT molecular complexity index is 1050. The Hall–Kier alpha value is -2.35. The van der Waals surface area contributed by atoms with Gasteiger partial charge in [0.15, 0.2) is 5.82 Å². The highest BCUT2D eigenvalue weighted by atomic mass is 79.9. The van der Waals surface area contributed by atoms with Crippen LogP contribution in [0.3, 0.4) is 0 Å². The van der Waals surface area contributed by atoms with Gasteiger partial charge in [-0.05, 0) is 44.9 Å². The van der Waals surface area contributed by atoms with E-state index in [-0.39, 0.29) is 12.0 Å². The third-order valence-electron chi connectivity index (χ3n) is 5.21. The first kappa shape index (κ1) is 18.0. The van der Waals surface area contributed by atoms with Crippen LogP contribution in [0.2, 0.25) is 0 Å². The highest BCUT2D eigenvalue weighted by Gasteiger charge is 2.30. The number of hydrogen-bond acceptors (Lipinski definition) is 4. The van der Waals surface area contributed by atoms with Crippen LogP contribution in [0.15, 0.2) is 22.7 Å². The van der Waals surface area contributed by atoms with Gasteiger partial charge in [-0.1, -0.05) is 15.9 Å². The first-order valence-corrected chi connectivity index (χ1v) is 9.90. The second-order valence-electron chi connectivity index (χ2n) is 7.36. The molecule has 0 bridgehead atoms. The molecular formula is C19H22BrN5O2. The van der Waals surface area contributed by atoms with Gasteiger partial charge in [0.05, 0.1) is 11.0 Å². The summed E-state index contributed by atoms with van der Waals surface area (Å²) in [5.74, 6) is 1.35. The number of nitrogen functional groups attached to an aromatic ring is 1. The normalized spacial score (nSPS) is 17.9. The lowest BCUT2D eigenvalue weighted by Crippen LogP contribution is -2.38. The molecule has 1 amide bonds. The molecule has 1 aliphatic heterocycles. The Morgan fingerprint density at radius 2 is 2.15 bits per heavy atom. The molecule has 7 nitrogen and oxygen atoms in total. The van der Waals surface area contributed by atoms with E-state index >= 15 is 0 Å². The number of benzene rings is 1. The number of carboxylic acid groups (broad SMARTS) is 1. The van der Waals surface area contributed by atoms with Crippen LogP contribution >= 0.6 is 15.9 Å². The second-order valence-corrected chi connectivity index (χ2v) is 8.27. The molecule has 0 spiro atoms. The summed E-state index contributed by atoms with van der Waals surface area (Å²) in [6.45, 7) is 5.27. The highest BCUT2D eigenvalue weighted by molar-refractivity contribution is 9.10. The summed E-state index contributed by atoms with van der Waals surface area (Å²) in [6, 6.07) is 6.14. The van der Waals surface area contributed by atoms with Gasteiger partial charge < -0.3 is 20.3 Å². The number of halogens is 1. The number of piperidine rings is 1. The lowest BCUT2D eigenvalue weighted by Gasteiger charge is -2.31. The average Bonchev–Trinajstić information content (AvgIpc) is 3.03. The summed E-state index contributed by atoms with van der Waals surface area (Å²) in [7, 11) is 0. The Balaban J connectivity index is 1.96. The molecule has 8 heteroatoms. The summed E-state index contributed by atoms with van der Waals surface area (Å²) >= 11 is 3.49. The minimum atomic E-state index is -0.872.